The minimum Gasteiger partial charge on any atom is -0.369 e. The van der Waals surface area contributed by atoms with E-state index in [1.807, 2.05) is 23.6 Å². The van der Waals surface area contributed by atoms with Crippen molar-refractivity contribution in [3.63, 3.8) is 0 Å². The number of hydrogen-bond donors (Lipinski definition) is 0. The molecular weight excluding hydrogens is 368 g/mol. The molecule has 0 amide bonds. The zero-order valence-electron chi connectivity index (χ0n) is 16.8. The Morgan fingerprint density at radius 2 is 1.93 bits per heavy atom. The molecule has 0 radical (unpaired) electrons. The van der Waals surface area contributed by atoms with Gasteiger partial charge in [-0.3, -0.25) is 14.3 Å². The van der Waals surface area contributed by atoms with E-state index in [0.29, 0.717) is 29.7 Å². The highest BCUT2D eigenvalue weighted by Crippen LogP contribution is 2.28. The lowest BCUT2D eigenvalue weighted by Crippen LogP contribution is -2.46. The Morgan fingerprint density at radius 3 is 2.66 bits per heavy atom. The van der Waals surface area contributed by atoms with Gasteiger partial charge in [0.1, 0.15) is 0 Å². The molecule has 1 saturated heterocycles. The van der Waals surface area contributed by atoms with Crippen LogP contribution in [0.4, 0.5) is 5.69 Å². The molecule has 2 aliphatic rings. The van der Waals surface area contributed by atoms with Crippen LogP contribution in [0.1, 0.15) is 43.4 Å². The van der Waals surface area contributed by atoms with Gasteiger partial charge in [-0.05, 0) is 38.0 Å². The molecule has 8 nitrogen and oxygen atoms in total. The highest BCUT2D eigenvalue weighted by Gasteiger charge is 2.21. The van der Waals surface area contributed by atoms with Gasteiger partial charge >= 0.3 is 0 Å². The number of fused-ring (bicyclic) bond motifs is 1. The molecule has 1 saturated carbocycles. The fourth-order valence-electron chi connectivity index (χ4n) is 4.52. The quantitative estimate of drug-likeness (QED) is 0.673. The van der Waals surface area contributed by atoms with Crippen molar-refractivity contribution in [2.24, 2.45) is 0 Å². The van der Waals surface area contributed by atoms with Crippen LogP contribution in [-0.2, 0) is 6.54 Å². The summed E-state index contributed by atoms with van der Waals surface area (Å²) in [5, 5.41) is 4.57. The van der Waals surface area contributed by atoms with Gasteiger partial charge in [-0.2, -0.15) is 4.98 Å². The molecule has 2 aromatic heterocycles. The Morgan fingerprint density at radius 1 is 1.14 bits per heavy atom. The number of piperazine rings is 1. The van der Waals surface area contributed by atoms with Crippen molar-refractivity contribution in [1.82, 2.24) is 24.6 Å². The molecule has 0 N–H and O–H groups in total. The van der Waals surface area contributed by atoms with Crippen molar-refractivity contribution in [2.75, 3.05) is 31.1 Å². The fraction of sp³-hybridized carbons (Fsp3) is 0.524. The SMILES string of the molecule is Cc1noc(CN2CCN(c3ccc4c(=O)n(C5CCCC5)cnc4c3)CC2)n1. The second-order valence-electron chi connectivity index (χ2n) is 8.10. The molecular formula is C21H26N6O2. The van der Waals surface area contributed by atoms with E-state index in [1.165, 1.54) is 12.8 Å². The summed E-state index contributed by atoms with van der Waals surface area (Å²) < 4.78 is 7.07. The maximum Gasteiger partial charge on any atom is 0.261 e. The van der Waals surface area contributed by atoms with E-state index in [-0.39, 0.29) is 5.56 Å². The molecule has 2 fully saturated rings. The van der Waals surface area contributed by atoms with E-state index < -0.39 is 0 Å². The number of benzene rings is 1. The van der Waals surface area contributed by atoms with Crippen LogP contribution >= 0.6 is 0 Å². The molecule has 0 atom stereocenters. The predicted octanol–water partition coefficient (Wildman–Crippen LogP) is 2.53. The molecule has 1 aromatic carbocycles. The van der Waals surface area contributed by atoms with Crippen LogP contribution in [0.5, 0.6) is 0 Å². The maximum atomic E-state index is 12.9. The van der Waals surface area contributed by atoms with E-state index in [1.54, 1.807) is 6.33 Å². The van der Waals surface area contributed by atoms with Crippen molar-refractivity contribution in [3.05, 3.63) is 46.6 Å². The second kappa shape index (κ2) is 7.59. The summed E-state index contributed by atoms with van der Waals surface area (Å²) in [6, 6.07) is 6.36. The zero-order chi connectivity index (χ0) is 19.8. The monoisotopic (exact) mass is 394 g/mol. The van der Waals surface area contributed by atoms with Gasteiger partial charge in [0.2, 0.25) is 5.89 Å². The smallest absolute Gasteiger partial charge is 0.261 e. The van der Waals surface area contributed by atoms with Crippen LogP contribution in [0.15, 0.2) is 33.8 Å². The molecule has 0 spiro atoms. The summed E-state index contributed by atoms with van der Waals surface area (Å²) in [6.45, 7) is 6.21. The molecule has 3 aromatic rings. The highest BCUT2D eigenvalue weighted by molar-refractivity contribution is 5.81. The zero-order valence-corrected chi connectivity index (χ0v) is 16.8. The van der Waals surface area contributed by atoms with Gasteiger partial charge in [-0.25, -0.2) is 4.98 Å². The van der Waals surface area contributed by atoms with Crippen molar-refractivity contribution in [1.29, 1.82) is 0 Å². The first-order valence-electron chi connectivity index (χ1n) is 10.4. The molecule has 3 heterocycles. The minimum atomic E-state index is 0.0909. The Hall–Kier alpha value is -2.74. The van der Waals surface area contributed by atoms with E-state index in [9.17, 15) is 4.79 Å². The molecule has 1 aliphatic heterocycles. The summed E-state index contributed by atoms with van der Waals surface area (Å²) in [4.78, 5) is 26.5. The molecule has 152 valence electrons. The van der Waals surface area contributed by atoms with E-state index >= 15 is 0 Å². The van der Waals surface area contributed by atoms with Crippen LogP contribution in [0.3, 0.4) is 0 Å². The van der Waals surface area contributed by atoms with Gasteiger partial charge in [0.25, 0.3) is 5.56 Å². The fourth-order valence-corrected chi connectivity index (χ4v) is 4.52. The largest absolute Gasteiger partial charge is 0.369 e. The van der Waals surface area contributed by atoms with Crippen molar-refractivity contribution in [3.8, 4) is 0 Å². The van der Waals surface area contributed by atoms with Gasteiger partial charge in [-0.1, -0.05) is 18.0 Å². The Kier molecular flexibility index (Phi) is 4.79. The van der Waals surface area contributed by atoms with E-state index in [2.05, 4.69) is 31.0 Å². The summed E-state index contributed by atoms with van der Waals surface area (Å²) in [7, 11) is 0. The minimum absolute atomic E-state index is 0.0909. The molecule has 29 heavy (non-hydrogen) atoms. The van der Waals surface area contributed by atoms with Crippen molar-refractivity contribution in [2.45, 2.75) is 45.2 Å². The summed E-state index contributed by atoms with van der Waals surface area (Å²) >= 11 is 0. The first-order chi connectivity index (χ1) is 14.2. The summed E-state index contributed by atoms with van der Waals surface area (Å²) in [5.41, 5.74) is 2.00. The van der Waals surface area contributed by atoms with E-state index in [4.69, 9.17) is 4.52 Å². The summed E-state index contributed by atoms with van der Waals surface area (Å²) in [5.74, 6) is 1.35. The number of rotatable bonds is 4. The van der Waals surface area contributed by atoms with Gasteiger partial charge < -0.3 is 9.42 Å². The Labute approximate surface area is 169 Å². The number of aryl methyl sites for hydroxylation is 1. The molecule has 8 heteroatoms. The number of hydrogen-bond acceptors (Lipinski definition) is 7. The van der Waals surface area contributed by atoms with Crippen LogP contribution in [-0.4, -0.2) is 50.8 Å². The van der Waals surface area contributed by atoms with Crippen LogP contribution in [0.25, 0.3) is 10.9 Å². The van der Waals surface area contributed by atoms with Gasteiger partial charge in [0.05, 0.1) is 23.8 Å². The molecule has 0 bridgehead atoms. The lowest BCUT2D eigenvalue weighted by Gasteiger charge is -2.35. The first-order valence-corrected chi connectivity index (χ1v) is 10.4. The highest BCUT2D eigenvalue weighted by atomic mass is 16.5. The van der Waals surface area contributed by atoms with Crippen molar-refractivity contribution < 1.29 is 4.52 Å². The summed E-state index contributed by atoms with van der Waals surface area (Å²) in [6.07, 6.45) is 6.31. The second-order valence-corrected chi connectivity index (χ2v) is 8.10. The van der Waals surface area contributed by atoms with Crippen LogP contribution in [0.2, 0.25) is 0 Å². The third kappa shape index (κ3) is 3.64. The van der Waals surface area contributed by atoms with Gasteiger partial charge in [-0.15, -0.1) is 0 Å². The maximum absolute atomic E-state index is 12.9. The molecule has 1 aliphatic carbocycles. The van der Waals surface area contributed by atoms with Crippen molar-refractivity contribution >= 4 is 16.6 Å². The first kappa shape index (κ1) is 18.3. The Balaban J connectivity index is 1.29. The topological polar surface area (TPSA) is 80.3 Å². The number of nitrogens with zero attached hydrogens (tertiary/aromatic N) is 6. The average Bonchev–Trinajstić information content (AvgIpc) is 3.41. The average molecular weight is 394 g/mol. The van der Waals surface area contributed by atoms with Crippen LogP contribution in [0, 0.1) is 6.92 Å². The lowest BCUT2D eigenvalue weighted by atomic mass is 10.1. The standard InChI is InChI=1S/C21H26N6O2/c1-15-23-20(29-24-15)13-25-8-10-26(11-9-25)17-6-7-18-19(12-17)22-14-27(21(18)28)16-4-2-3-5-16/h6-7,12,14,16H,2-5,8-11,13H2,1H3. The van der Waals surface area contributed by atoms with Gasteiger partial charge in [0, 0.05) is 37.9 Å². The van der Waals surface area contributed by atoms with Crippen LogP contribution < -0.4 is 10.5 Å². The third-order valence-corrected chi connectivity index (χ3v) is 6.15. The number of anilines is 1. The lowest BCUT2D eigenvalue weighted by molar-refractivity contribution is 0.215. The molecule has 0 unspecified atom stereocenters. The Bertz CT molecular complexity index is 1060. The number of aromatic nitrogens is 4. The molecule has 5 rings (SSSR count). The third-order valence-electron chi connectivity index (χ3n) is 6.15. The van der Waals surface area contributed by atoms with Gasteiger partial charge in [0.15, 0.2) is 5.82 Å². The van der Waals surface area contributed by atoms with E-state index in [0.717, 1.165) is 50.2 Å². The normalized spacial score (nSPS) is 18.7. The predicted molar refractivity (Wildman–Crippen MR) is 110 cm³/mol.